The Bertz CT molecular complexity index is 705. The smallest absolute Gasteiger partial charge is 0.253 e. The van der Waals surface area contributed by atoms with Gasteiger partial charge >= 0.3 is 0 Å². The van der Waals surface area contributed by atoms with E-state index in [1.54, 1.807) is 12.1 Å². The number of halogens is 1. The molecule has 1 saturated heterocycles. The Balaban J connectivity index is 1.68. The number of nitrogens with zero attached hydrogens (tertiary/aromatic N) is 1. The maximum atomic E-state index is 13.9. The van der Waals surface area contributed by atoms with E-state index < -0.39 is 11.7 Å². The molecule has 1 fully saturated rings. The molecule has 0 saturated carbocycles. The molecule has 0 spiro atoms. The average Bonchev–Trinajstić information content (AvgIpc) is 2.56. The third-order valence-corrected chi connectivity index (χ3v) is 4.37. The van der Waals surface area contributed by atoms with Crippen LogP contribution in [0, 0.1) is 5.82 Å². The van der Waals surface area contributed by atoms with Crippen LogP contribution in [0.5, 0.6) is 0 Å². The SMILES string of the molecule is NC(=O)c1c(F)cccc1NC1CCCN(Cc2ccccc2)C1. The van der Waals surface area contributed by atoms with Crippen molar-refractivity contribution in [2.75, 3.05) is 18.4 Å². The summed E-state index contributed by atoms with van der Waals surface area (Å²) in [6, 6.07) is 15.1. The average molecular weight is 327 g/mol. The van der Waals surface area contributed by atoms with Crippen molar-refractivity contribution < 1.29 is 9.18 Å². The van der Waals surface area contributed by atoms with Crippen LogP contribution in [-0.4, -0.2) is 29.9 Å². The molecule has 3 N–H and O–H groups in total. The molecule has 1 aliphatic heterocycles. The topological polar surface area (TPSA) is 58.4 Å². The summed E-state index contributed by atoms with van der Waals surface area (Å²) in [7, 11) is 0. The maximum absolute atomic E-state index is 13.9. The van der Waals surface area contributed by atoms with E-state index in [1.165, 1.54) is 11.6 Å². The fourth-order valence-corrected chi connectivity index (χ4v) is 3.27. The highest BCUT2D eigenvalue weighted by atomic mass is 19.1. The first-order valence-electron chi connectivity index (χ1n) is 8.24. The number of carbonyl (C=O) groups excluding carboxylic acids is 1. The van der Waals surface area contributed by atoms with Crippen molar-refractivity contribution in [3.63, 3.8) is 0 Å². The summed E-state index contributed by atoms with van der Waals surface area (Å²) in [5, 5.41) is 3.30. The number of piperidine rings is 1. The lowest BCUT2D eigenvalue weighted by atomic mass is 10.0. The first kappa shape index (κ1) is 16.5. The lowest BCUT2D eigenvalue weighted by Crippen LogP contribution is -2.42. The molecule has 0 aromatic heterocycles. The molecule has 1 atom stereocenters. The number of rotatable bonds is 5. The molecular formula is C19H22FN3O. The molecule has 5 heteroatoms. The van der Waals surface area contributed by atoms with Crippen LogP contribution in [0.1, 0.15) is 28.8 Å². The van der Waals surface area contributed by atoms with Crippen molar-refractivity contribution >= 4 is 11.6 Å². The second-order valence-electron chi connectivity index (χ2n) is 6.23. The van der Waals surface area contributed by atoms with Gasteiger partial charge in [-0.15, -0.1) is 0 Å². The van der Waals surface area contributed by atoms with Gasteiger partial charge in [0.15, 0.2) is 0 Å². The van der Waals surface area contributed by atoms with Crippen molar-refractivity contribution in [1.82, 2.24) is 4.90 Å². The number of likely N-dealkylation sites (tertiary alicyclic amines) is 1. The van der Waals surface area contributed by atoms with E-state index in [0.717, 1.165) is 32.5 Å². The van der Waals surface area contributed by atoms with Crippen molar-refractivity contribution in [3.8, 4) is 0 Å². The quantitative estimate of drug-likeness (QED) is 0.887. The van der Waals surface area contributed by atoms with Crippen LogP contribution in [0.4, 0.5) is 10.1 Å². The minimum atomic E-state index is -0.743. The zero-order valence-electron chi connectivity index (χ0n) is 13.5. The highest BCUT2D eigenvalue weighted by Crippen LogP contribution is 2.22. The fraction of sp³-hybridized carbons (Fsp3) is 0.316. The summed E-state index contributed by atoms with van der Waals surface area (Å²) in [4.78, 5) is 13.9. The summed E-state index contributed by atoms with van der Waals surface area (Å²) in [6.07, 6.45) is 2.05. The zero-order valence-corrected chi connectivity index (χ0v) is 13.5. The third kappa shape index (κ3) is 3.92. The number of hydrogen-bond acceptors (Lipinski definition) is 3. The lowest BCUT2D eigenvalue weighted by Gasteiger charge is -2.34. The minimum absolute atomic E-state index is 0.0577. The highest BCUT2D eigenvalue weighted by Gasteiger charge is 2.22. The van der Waals surface area contributed by atoms with Crippen molar-refractivity contribution in [2.45, 2.75) is 25.4 Å². The maximum Gasteiger partial charge on any atom is 0.253 e. The summed E-state index contributed by atoms with van der Waals surface area (Å²) < 4.78 is 13.9. The number of anilines is 1. The molecule has 1 aliphatic rings. The Labute approximate surface area is 141 Å². The molecule has 0 aliphatic carbocycles. The third-order valence-electron chi connectivity index (χ3n) is 4.37. The predicted molar refractivity (Wildman–Crippen MR) is 93.3 cm³/mol. The van der Waals surface area contributed by atoms with Gasteiger partial charge in [-0.25, -0.2) is 4.39 Å². The Morgan fingerprint density at radius 1 is 1.21 bits per heavy atom. The van der Waals surface area contributed by atoms with Gasteiger partial charge in [-0.1, -0.05) is 36.4 Å². The molecular weight excluding hydrogens is 305 g/mol. The molecule has 24 heavy (non-hydrogen) atoms. The van der Waals surface area contributed by atoms with Gasteiger partial charge < -0.3 is 11.1 Å². The molecule has 1 heterocycles. The number of hydrogen-bond donors (Lipinski definition) is 2. The normalized spacial score (nSPS) is 18.3. The Morgan fingerprint density at radius 2 is 2.00 bits per heavy atom. The second kappa shape index (κ2) is 7.45. The standard InChI is InChI=1S/C19H22FN3O/c20-16-9-4-10-17(18(16)19(21)24)22-15-8-5-11-23(13-15)12-14-6-2-1-3-7-14/h1-4,6-7,9-10,15,22H,5,8,11-13H2,(H2,21,24). The van der Waals surface area contributed by atoms with E-state index >= 15 is 0 Å². The van der Waals surface area contributed by atoms with Crippen LogP contribution in [0.15, 0.2) is 48.5 Å². The largest absolute Gasteiger partial charge is 0.380 e. The van der Waals surface area contributed by atoms with Gasteiger partial charge in [0.1, 0.15) is 5.82 Å². The zero-order chi connectivity index (χ0) is 16.9. The molecule has 0 bridgehead atoms. The molecule has 2 aromatic rings. The van der Waals surface area contributed by atoms with E-state index in [0.29, 0.717) is 5.69 Å². The second-order valence-corrected chi connectivity index (χ2v) is 6.23. The number of amides is 1. The van der Waals surface area contributed by atoms with Crippen LogP contribution in [0.2, 0.25) is 0 Å². The number of carbonyl (C=O) groups is 1. The van der Waals surface area contributed by atoms with Gasteiger partial charge in [-0.05, 0) is 37.1 Å². The number of primary amides is 1. The van der Waals surface area contributed by atoms with Crippen LogP contribution >= 0.6 is 0 Å². The summed E-state index contributed by atoms with van der Waals surface area (Å²) >= 11 is 0. The van der Waals surface area contributed by atoms with E-state index in [-0.39, 0.29) is 11.6 Å². The molecule has 4 nitrogen and oxygen atoms in total. The molecule has 1 unspecified atom stereocenters. The van der Waals surface area contributed by atoms with E-state index in [9.17, 15) is 9.18 Å². The molecule has 2 aromatic carbocycles. The van der Waals surface area contributed by atoms with Crippen LogP contribution in [0.25, 0.3) is 0 Å². The molecule has 1 amide bonds. The van der Waals surface area contributed by atoms with Crippen molar-refractivity contribution in [3.05, 3.63) is 65.5 Å². The molecule has 126 valence electrons. The number of benzene rings is 2. The minimum Gasteiger partial charge on any atom is -0.380 e. The summed E-state index contributed by atoms with van der Waals surface area (Å²) in [5.41, 5.74) is 7.02. The number of nitrogens with two attached hydrogens (primary N) is 1. The van der Waals surface area contributed by atoms with Gasteiger partial charge in [0.2, 0.25) is 0 Å². The van der Waals surface area contributed by atoms with E-state index in [1.807, 2.05) is 18.2 Å². The summed E-state index contributed by atoms with van der Waals surface area (Å²) in [6.45, 7) is 2.79. The molecule has 0 radical (unpaired) electrons. The monoisotopic (exact) mass is 327 g/mol. The highest BCUT2D eigenvalue weighted by molar-refractivity contribution is 5.98. The Hall–Kier alpha value is -2.40. The summed E-state index contributed by atoms with van der Waals surface area (Å²) in [5.74, 6) is -1.32. The predicted octanol–water partition coefficient (Wildman–Crippen LogP) is 3.00. The Kier molecular flexibility index (Phi) is 5.11. The fourth-order valence-electron chi connectivity index (χ4n) is 3.27. The first-order chi connectivity index (χ1) is 11.6. The van der Waals surface area contributed by atoms with Gasteiger partial charge in [0, 0.05) is 19.1 Å². The van der Waals surface area contributed by atoms with Crippen LogP contribution in [0.3, 0.4) is 0 Å². The first-order valence-corrected chi connectivity index (χ1v) is 8.24. The van der Waals surface area contributed by atoms with Gasteiger partial charge in [-0.2, -0.15) is 0 Å². The van der Waals surface area contributed by atoms with Crippen LogP contribution < -0.4 is 11.1 Å². The lowest BCUT2D eigenvalue weighted by molar-refractivity contribution is 0.0997. The van der Waals surface area contributed by atoms with E-state index in [4.69, 9.17) is 5.73 Å². The van der Waals surface area contributed by atoms with Crippen molar-refractivity contribution in [2.24, 2.45) is 5.73 Å². The van der Waals surface area contributed by atoms with Gasteiger partial charge in [-0.3, -0.25) is 9.69 Å². The number of nitrogens with one attached hydrogen (secondary N) is 1. The van der Waals surface area contributed by atoms with E-state index in [2.05, 4.69) is 22.3 Å². The van der Waals surface area contributed by atoms with Gasteiger partial charge in [0.25, 0.3) is 5.91 Å². The van der Waals surface area contributed by atoms with Gasteiger partial charge in [0.05, 0.1) is 11.3 Å². The Morgan fingerprint density at radius 3 is 2.75 bits per heavy atom. The molecule has 3 rings (SSSR count). The van der Waals surface area contributed by atoms with Crippen LogP contribution in [-0.2, 0) is 6.54 Å². The van der Waals surface area contributed by atoms with Crippen molar-refractivity contribution in [1.29, 1.82) is 0 Å².